The molecule has 3 rings (SSSR count). The monoisotopic (exact) mass is 283 g/mol. The number of nitro groups is 1. The molecule has 3 aromatic rings. The normalized spacial score (nSPS) is 10.7. The third-order valence-electron chi connectivity index (χ3n) is 3.20. The van der Waals surface area contributed by atoms with Gasteiger partial charge in [-0.05, 0) is 18.1 Å². The van der Waals surface area contributed by atoms with E-state index >= 15 is 0 Å². The highest BCUT2D eigenvalue weighted by atomic mass is 16.6. The van der Waals surface area contributed by atoms with Crippen molar-refractivity contribution >= 4 is 22.5 Å². The number of nitrogens with one attached hydrogen (secondary N) is 2. The number of rotatable bonds is 5. The molecule has 0 radical (unpaired) electrons. The van der Waals surface area contributed by atoms with E-state index in [2.05, 4.69) is 26.3 Å². The van der Waals surface area contributed by atoms with Crippen LogP contribution in [0.25, 0.3) is 10.9 Å². The van der Waals surface area contributed by atoms with E-state index in [-0.39, 0.29) is 5.69 Å². The van der Waals surface area contributed by atoms with Crippen LogP contribution in [-0.4, -0.2) is 26.4 Å². The number of nitrogens with zero attached hydrogens (tertiary/aromatic N) is 3. The van der Waals surface area contributed by atoms with Gasteiger partial charge in [-0.3, -0.25) is 10.1 Å². The van der Waals surface area contributed by atoms with Crippen molar-refractivity contribution < 1.29 is 4.92 Å². The molecule has 7 heteroatoms. The van der Waals surface area contributed by atoms with Gasteiger partial charge in [0.05, 0.1) is 4.92 Å². The number of para-hydroxylation sites is 1. The molecule has 0 saturated heterocycles. The SMILES string of the molecule is O=[N+]([O-])c1cnc(NCCc2c[nH]c3ccccc23)nc1. The predicted octanol–water partition coefficient (Wildman–Crippen LogP) is 2.52. The minimum Gasteiger partial charge on any atom is -0.361 e. The summed E-state index contributed by atoms with van der Waals surface area (Å²) >= 11 is 0. The fourth-order valence-corrected chi connectivity index (χ4v) is 2.15. The summed E-state index contributed by atoms with van der Waals surface area (Å²) in [6.07, 6.45) is 5.19. The van der Waals surface area contributed by atoms with Crippen molar-refractivity contribution in [3.05, 3.63) is 58.5 Å². The number of aromatic amines is 1. The van der Waals surface area contributed by atoms with Crippen LogP contribution in [0.15, 0.2) is 42.9 Å². The van der Waals surface area contributed by atoms with Crippen molar-refractivity contribution in [1.82, 2.24) is 15.0 Å². The zero-order chi connectivity index (χ0) is 14.7. The molecular formula is C14H13N5O2. The molecule has 2 heterocycles. The van der Waals surface area contributed by atoms with Crippen LogP contribution in [0.3, 0.4) is 0 Å². The second kappa shape index (κ2) is 5.58. The molecule has 21 heavy (non-hydrogen) atoms. The summed E-state index contributed by atoms with van der Waals surface area (Å²) in [5.41, 5.74) is 2.20. The highest BCUT2D eigenvalue weighted by molar-refractivity contribution is 5.83. The Hall–Kier alpha value is -2.96. The van der Waals surface area contributed by atoms with E-state index in [0.717, 1.165) is 11.9 Å². The quantitative estimate of drug-likeness (QED) is 0.554. The first-order chi connectivity index (χ1) is 10.2. The van der Waals surface area contributed by atoms with Crippen LogP contribution in [0.4, 0.5) is 11.6 Å². The van der Waals surface area contributed by atoms with Crippen molar-refractivity contribution in [2.45, 2.75) is 6.42 Å². The largest absolute Gasteiger partial charge is 0.361 e. The van der Waals surface area contributed by atoms with Crippen molar-refractivity contribution in [2.75, 3.05) is 11.9 Å². The Morgan fingerprint density at radius 2 is 2.00 bits per heavy atom. The van der Waals surface area contributed by atoms with E-state index in [1.54, 1.807) is 0 Å². The van der Waals surface area contributed by atoms with Gasteiger partial charge in [0, 0.05) is 23.6 Å². The summed E-state index contributed by atoms with van der Waals surface area (Å²) in [5.74, 6) is 0.389. The van der Waals surface area contributed by atoms with Gasteiger partial charge in [0.1, 0.15) is 12.4 Å². The topological polar surface area (TPSA) is 96.7 Å². The standard InChI is InChI=1S/C14H13N5O2/c20-19(21)11-8-17-14(18-9-11)15-6-5-10-7-16-13-4-2-1-3-12(10)13/h1-4,7-9,16H,5-6H2,(H,15,17,18). The molecule has 0 aliphatic rings. The van der Waals surface area contributed by atoms with Gasteiger partial charge in [-0.1, -0.05) is 18.2 Å². The lowest BCUT2D eigenvalue weighted by atomic mass is 10.1. The Morgan fingerprint density at radius 1 is 1.24 bits per heavy atom. The van der Waals surface area contributed by atoms with Crippen molar-refractivity contribution in [2.24, 2.45) is 0 Å². The summed E-state index contributed by atoms with van der Waals surface area (Å²) in [6, 6.07) is 8.10. The Morgan fingerprint density at radius 3 is 2.76 bits per heavy atom. The third-order valence-corrected chi connectivity index (χ3v) is 3.20. The molecule has 7 nitrogen and oxygen atoms in total. The molecule has 0 aliphatic heterocycles. The predicted molar refractivity (Wildman–Crippen MR) is 79.2 cm³/mol. The fourth-order valence-electron chi connectivity index (χ4n) is 2.15. The third kappa shape index (κ3) is 2.81. The van der Waals surface area contributed by atoms with Gasteiger partial charge >= 0.3 is 5.69 Å². The molecular weight excluding hydrogens is 270 g/mol. The lowest BCUT2D eigenvalue weighted by Gasteiger charge is -2.03. The number of hydrogen-bond acceptors (Lipinski definition) is 5. The van der Waals surface area contributed by atoms with Crippen LogP contribution >= 0.6 is 0 Å². The van der Waals surface area contributed by atoms with Crippen LogP contribution in [0, 0.1) is 10.1 Å². The van der Waals surface area contributed by atoms with Crippen molar-refractivity contribution in [3.8, 4) is 0 Å². The maximum absolute atomic E-state index is 10.5. The molecule has 2 aromatic heterocycles. The summed E-state index contributed by atoms with van der Waals surface area (Å²) in [4.78, 5) is 21.0. The van der Waals surface area contributed by atoms with Crippen LogP contribution in [0.5, 0.6) is 0 Å². The maximum atomic E-state index is 10.5. The minimum atomic E-state index is -0.518. The molecule has 0 bridgehead atoms. The number of benzene rings is 1. The van der Waals surface area contributed by atoms with Crippen LogP contribution in [0.2, 0.25) is 0 Å². The Kier molecular flexibility index (Phi) is 3.46. The van der Waals surface area contributed by atoms with Crippen molar-refractivity contribution in [3.63, 3.8) is 0 Å². The number of H-pyrrole nitrogens is 1. The highest BCUT2D eigenvalue weighted by Gasteiger charge is 2.07. The van der Waals surface area contributed by atoms with Gasteiger partial charge in [0.15, 0.2) is 0 Å². The summed E-state index contributed by atoms with van der Waals surface area (Å²) < 4.78 is 0. The first kappa shape index (κ1) is 13.0. The summed E-state index contributed by atoms with van der Waals surface area (Å²) in [5, 5.41) is 14.8. The molecule has 0 fully saturated rings. The zero-order valence-electron chi connectivity index (χ0n) is 11.1. The van der Waals surface area contributed by atoms with E-state index in [1.165, 1.54) is 23.3 Å². The van der Waals surface area contributed by atoms with Gasteiger partial charge in [-0.15, -0.1) is 0 Å². The smallest absolute Gasteiger partial charge is 0.305 e. The molecule has 0 aliphatic carbocycles. The zero-order valence-corrected chi connectivity index (χ0v) is 11.1. The molecule has 0 atom stereocenters. The molecule has 0 saturated carbocycles. The van der Waals surface area contributed by atoms with E-state index in [9.17, 15) is 10.1 Å². The molecule has 2 N–H and O–H groups in total. The fraction of sp³-hybridized carbons (Fsp3) is 0.143. The maximum Gasteiger partial charge on any atom is 0.305 e. The van der Waals surface area contributed by atoms with E-state index in [0.29, 0.717) is 12.5 Å². The number of aromatic nitrogens is 3. The van der Waals surface area contributed by atoms with Crippen molar-refractivity contribution in [1.29, 1.82) is 0 Å². The lowest BCUT2D eigenvalue weighted by Crippen LogP contribution is -2.07. The van der Waals surface area contributed by atoms with Gasteiger partial charge in [0.25, 0.3) is 0 Å². The van der Waals surface area contributed by atoms with Gasteiger partial charge < -0.3 is 10.3 Å². The Bertz CT molecular complexity index is 766. The molecule has 106 valence electrons. The molecule has 0 amide bonds. The average molecular weight is 283 g/mol. The van der Waals surface area contributed by atoms with E-state index in [1.807, 2.05) is 24.4 Å². The lowest BCUT2D eigenvalue weighted by molar-refractivity contribution is -0.385. The van der Waals surface area contributed by atoms with Gasteiger partial charge in [0.2, 0.25) is 5.95 Å². The van der Waals surface area contributed by atoms with E-state index < -0.39 is 4.92 Å². The minimum absolute atomic E-state index is 0.114. The Labute approximate surface area is 120 Å². The molecule has 0 unspecified atom stereocenters. The van der Waals surface area contributed by atoms with E-state index in [4.69, 9.17) is 0 Å². The average Bonchev–Trinajstić information content (AvgIpc) is 2.91. The second-order valence-electron chi connectivity index (χ2n) is 4.56. The first-order valence-electron chi connectivity index (χ1n) is 6.49. The van der Waals surface area contributed by atoms with Gasteiger partial charge in [-0.25, -0.2) is 9.97 Å². The number of fused-ring (bicyclic) bond motifs is 1. The van der Waals surface area contributed by atoms with Gasteiger partial charge in [-0.2, -0.15) is 0 Å². The van der Waals surface area contributed by atoms with Crippen LogP contribution in [0.1, 0.15) is 5.56 Å². The highest BCUT2D eigenvalue weighted by Crippen LogP contribution is 2.18. The molecule has 1 aromatic carbocycles. The molecule has 0 spiro atoms. The summed E-state index contributed by atoms with van der Waals surface area (Å²) in [7, 11) is 0. The van der Waals surface area contributed by atoms with Crippen LogP contribution in [-0.2, 0) is 6.42 Å². The Balaban J connectivity index is 1.62. The first-order valence-corrected chi connectivity index (χ1v) is 6.49. The second-order valence-corrected chi connectivity index (χ2v) is 4.56. The summed E-state index contributed by atoms with van der Waals surface area (Å²) in [6.45, 7) is 0.652. The number of hydrogen-bond donors (Lipinski definition) is 2. The number of anilines is 1. The van der Waals surface area contributed by atoms with Crippen LogP contribution < -0.4 is 5.32 Å².